The van der Waals surface area contributed by atoms with Crippen LogP contribution in [0.5, 0.6) is 0 Å². The highest BCUT2D eigenvalue weighted by Crippen LogP contribution is 2.34. The van der Waals surface area contributed by atoms with Crippen molar-refractivity contribution in [2.24, 2.45) is 5.92 Å². The molecule has 0 aromatic heterocycles. The zero-order chi connectivity index (χ0) is 16.5. The van der Waals surface area contributed by atoms with Crippen molar-refractivity contribution in [1.82, 2.24) is 4.90 Å². The number of nitrogens with zero attached hydrogens (tertiary/aromatic N) is 1. The highest BCUT2D eigenvalue weighted by molar-refractivity contribution is 6.39. The Labute approximate surface area is 127 Å². The average molecular weight is 317 g/mol. The molecule has 4 unspecified atom stereocenters. The number of hydrogen-bond acceptors (Lipinski definition) is 5. The number of ether oxygens (including phenoxy) is 1. The van der Waals surface area contributed by atoms with E-state index in [2.05, 4.69) is 0 Å². The SMILES string of the molecule is CC1CCC(F)OC1(O)C(=O)C(=O)N1CCCCC1C(=O)O. The minimum Gasteiger partial charge on any atom is -0.480 e. The van der Waals surface area contributed by atoms with Gasteiger partial charge < -0.3 is 19.8 Å². The van der Waals surface area contributed by atoms with E-state index < -0.39 is 41.8 Å². The van der Waals surface area contributed by atoms with Crippen molar-refractivity contribution < 1.29 is 33.7 Å². The van der Waals surface area contributed by atoms with Gasteiger partial charge >= 0.3 is 5.97 Å². The molecule has 0 spiro atoms. The predicted octanol–water partition coefficient (Wildman–Crippen LogP) is 0.452. The van der Waals surface area contributed by atoms with E-state index in [1.807, 2.05) is 0 Å². The van der Waals surface area contributed by atoms with Crippen LogP contribution in [-0.2, 0) is 19.1 Å². The third-order valence-electron chi connectivity index (χ3n) is 4.37. The van der Waals surface area contributed by atoms with Gasteiger partial charge in [-0.1, -0.05) is 6.92 Å². The predicted molar refractivity (Wildman–Crippen MR) is 71.3 cm³/mol. The first-order valence-corrected chi connectivity index (χ1v) is 7.40. The third kappa shape index (κ3) is 2.98. The lowest BCUT2D eigenvalue weighted by Crippen LogP contribution is -2.60. The fourth-order valence-electron chi connectivity index (χ4n) is 2.94. The Morgan fingerprint density at radius 3 is 2.55 bits per heavy atom. The standard InChI is InChI=1S/C14H20FNO6/c1-8-5-6-10(15)22-14(8,21)11(17)12(18)16-7-3-2-4-9(16)13(19)20/h8-10,21H,2-7H2,1H3,(H,19,20). The number of aliphatic hydroxyl groups is 1. The normalized spacial score (nSPS) is 36.0. The maximum atomic E-state index is 13.4. The van der Waals surface area contributed by atoms with E-state index >= 15 is 0 Å². The van der Waals surface area contributed by atoms with Crippen molar-refractivity contribution in [2.45, 2.75) is 57.2 Å². The van der Waals surface area contributed by atoms with Gasteiger partial charge in [-0.2, -0.15) is 0 Å². The van der Waals surface area contributed by atoms with E-state index in [0.29, 0.717) is 12.8 Å². The Kier molecular flexibility index (Phi) is 4.81. The monoisotopic (exact) mass is 317 g/mol. The number of carbonyl (C=O) groups is 3. The third-order valence-corrected chi connectivity index (χ3v) is 4.37. The van der Waals surface area contributed by atoms with Gasteiger partial charge in [0.25, 0.3) is 11.7 Å². The Bertz CT molecular complexity index is 484. The molecule has 2 fully saturated rings. The summed E-state index contributed by atoms with van der Waals surface area (Å²) in [4.78, 5) is 36.8. The van der Waals surface area contributed by atoms with E-state index in [1.54, 1.807) is 0 Å². The van der Waals surface area contributed by atoms with Gasteiger partial charge in [-0.05, 0) is 25.7 Å². The van der Waals surface area contributed by atoms with Gasteiger partial charge in [0.05, 0.1) is 0 Å². The van der Waals surface area contributed by atoms with Gasteiger partial charge in [0.2, 0.25) is 12.1 Å². The first kappa shape index (κ1) is 16.8. The Balaban J connectivity index is 2.20. The quantitative estimate of drug-likeness (QED) is 0.733. The minimum absolute atomic E-state index is 0.0341. The zero-order valence-electron chi connectivity index (χ0n) is 12.3. The fraction of sp³-hybridized carbons (Fsp3) is 0.786. The molecule has 0 radical (unpaired) electrons. The lowest BCUT2D eigenvalue weighted by Gasteiger charge is -2.39. The molecule has 0 aromatic carbocycles. The van der Waals surface area contributed by atoms with Crippen molar-refractivity contribution in [1.29, 1.82) is 0 Å². The number of ketones is 1. The van der Waals surface area contributed by atoms with Crippen LogP contribution in [-0.4, -0.2) is 57.5 Å². The molecule has 7 nitrogen and oxygen atoms in total. The molecule has 8 heteroatoms. The molecule has 2 N–H and O–H groups in total. The highest BCUT2D eigenvalue weighted by Gasteiger charge is 2.52. The van der Waals surface area contributed by atoms with Crippen LogP contribution in [0.4, 0.5) is 4.39 Å². The van der Waals surface area contributed by atoms with Crippen LogP contribution in [0.2, 0.25) is 0 Å². The summed E-state index contributed by atoms with van der Waals surface area (Å²) < 4.78 is 18.1. The Morgan fingerprint density at radius 1 is 1.23 bits per heavy atom. The first-order valence-electron chi connectivity index (χ1n) is 7.40. The van der Waals surface area contributed by atoms with E-state index in [-0.39, 0.29) is 25.8 Å². The summed E-state index contributed by atoms with van der Waals surface area (Å²) in [6, 6.07) is -1.10. The lowest BCUT2D eigenvalue weighted by molar-refractivity contribution is -0.286. The molecule has 2 aliphatic heterocycles. The fourth-order valence-corrected chi connectivity index (χ4v) is 2.94. The molecule has 1 amide bonds. The molecule has 2 aliphatic rings. The van der Waals surface area contributed by atoms with Crippen LogP contribution >= 0.6 is 0 Å². The summed E-state index contributed by atoms with van der Waals surface area (Å²) in [6.45, 7) is 1.60. The largest absolute Gasteiger partial charge is 0.480 e. The number of Topliss-reactive ketones (excluding diaryl/α,β-unsaturated/α-hetero) is 1. The summed E-state index contributed by atoms with van der Waals surface area (Å²) in [5.41, 5.74) is 0. The van der Waals surface area contributed by atoms with Crippen molar-refractivity contribution in [3.8, 4) is 0 Å². The smallest absolute Gasteiger partial charge is 0.326 e. The van der Waals surface area contributed by atoms with Gasteiger partial charge in [-0.15, -0.1) is 0 Å². The average Bonchev–Trinajstić information content (AvgIpc) is 2.49. The number of hydrogen-bond donors (Lipinski definition) is 2. The molecule has 4 atom stereocenters. The summed E-state index contributed by atoms with van der Waals surface area (Å²) in [5.74, 6) is -6.90. The van der Waals surface area contributed by atoms with E-state index in [9.17, 15) is 23.9 Å². The van der Waals surface area contributed by atoms with E-state index in [1.165, 1.54) is 6.92 Å². The molecule has 124 valence electrons. The van der Waals surface area contributed by atoms with Crippen LogP contribution < -0.4 is 0 Å². The first-order chi connectivity index (χ1) is 10.3. The second-order valence-electron chi connectivity index (χ2n) is 5.88. The summed E-state index contributed by atoms with van der Waals surface area (Å²) in [6.07, 6.45) is -0.142. The van der Waals surface area contributed by atoms with Gasteiger partial charge in [-0.3, -0.25) is 9.59 Å². The topological polar surface area (TPSA) is 104 Å². The van der Waals surface area contributed by atoms with Gasteiger partial charge in [-0.25, -0.2) is 9.18 Å². The van der Waals surface area contributed by atoms with Gasteiger partial charge in [0.1, 0.15) is 6.04 Å². The zero-order valence-corrected chi connectivity index (χ0v) is 12.3. The summed E-state index contributed by atoms with van der Waals surface area (Å²) in [5, 5.41) is 19.4. The summed E-state index contributed by atoms with van der Waals surface area (Å²) in [7, 11) is 0. The molecular formula is C14H20FNO6. The van der Waals surface area contributed by atoms with Gasteiger partial charge in [0, 0.05) is 18.9 Å². The van der Waals surface area contributed by atoms with Gasteiger partial charge in [0.15, 0.2) is 0 Å². The molecule has 2 rings (SSSR count). The molecule has 2 heterocycles. The number of likely N-dealkylation sites (tertiary alicyclic amines) is 1. The number of carboxylic acid groups (broad SMARTS) is 1. The van der Waals surface area contributed by atoms with Crippen LogP contribution in [0, 0.1) is 5.92 Å². The molecular weight excluding hydrogens is 297 g/mol. The van der Waals surface area contributed by atoms with Crippen LogP contribution in [0.15, 0.2) is 0 Å². The Hall–Kier alpha value is -1.54. The number of alkyl halides is 1. The number of amides is 1. The molecule has 0 aliphatic carbocycles. The second kappa shape index (κ2) is 6.29. The number of aliphatic carboxylic acids is 1. The van der Waals surface area contributed by atoms with Crippen molar-refractivity contribution in [2.75, 3.05) is 6.54 Å². The van der Waals surface area contributed by atoms with Crippen molar-refractivity contribution >= 4 is 17.7 Å². The second-order valence-corrected chi connectivity index (χ2v) is 5.88. The van der Waals surface area contributed by atoms with Crippen molar-refractivity contribution in [3.05, 3.63) is 0 Å². The van der Waals surface area contributed by atoms with Crippen molar-refractivity contribution in [3.63, 3.8) is 0 Å². The maximum absolute atomic E-state index is 13.4. The number of rotatable bonds is 3. The number of carbonyl (C=O) groups excluding carboxylic acids is 2. The summed E-state index contributed by atoms with van der Waals surface area (Å²) >= 11 is 0. The number of piperidine rings is 1. The lowest BCUT2D eigenvalue weighted by atomic mass is 9.88. The van der Waals surface area contributed by atoms with Crippen LogP contribution in [0.1, 0.15) is 39.0 Å². The highest BCUT2D eigenvalue weighted by atomic mass is 19.1. The maximum Gasteiger partial charge on any atom is 0.326 e. The van der Waals surface area contributed by atoms with E-state index in [4.69, 9.17) is 9.84 Å². The molecule has 0 bridgehead atoms. The number of halogens is 1. The minimum atomic E-state index is -2.53. The van der Waals surface area contributed by atoms with Crippen LogP contribution in [0.25, 0.3) is 0 Å². The molecule has 2 saturated heterocycles. The molecule has 0 aromatic rings. The Morgan fingerprint density at radius 2 is 1.91 bits per heavy atom. The van der Waals surface area contributed by atoms with Crippen LogP contribution in [0.3, 0.4) is 0 Å². The molecule has 22 heavy (non-hydrogen) atoms. The van der Waals surface area contributed by atoms with E-state index in [0.717, 1.165) is 4.90 Å². The molecule has 0 saturated carbocycles. The number of carboxylic acids is 1.